The number of nitrogens with one attached hydrogen (secondary N) is 1. The van der Waals surface area contributed by atoms with Crippen molar-refractivity contribution in [1.29, 1.82) is 0 Å². The van der Waals surface area contributed by atoms with E-state index < -0.39 is 12.1 Å². The molecule has 0 aliphatic carbocycles. The molecule has 0 radical (unpaired) electrons. The van der Waals surface area contributed by atoms with E-state index in [1.54, 1.807) is 0 Å². The van der Waals surface area contributed by atoms with Gasteiger partial charge < -0.3 is 24.6 Å². The van der Waals surface area contributed by atoms with Gasteiger partial charge in [-0.15, -0.1) is 0 Å². The van der Waals surface area contributed by atoms with Crippen molar-refractivity contribution in [1.82, 2.24) is 5.32 Å². The number of anilines is 1. The van der Waals surface area contributed by atoms with Crippen molar-refractivity contribution in [3.63, 3.8) is 0 Å². The Hall–Kier alpha value is -1.78. The summed E-state index contributed by atoms with van der Waals surface area (Å²) in [5, 5.41) is 10.5. The van der Waals surface area contributed by atoms with Crippen LogP contribution in [0.4, 0.5) is 18.9 Å². The number of rotatable bonds is 2. The molecule has 6 nitrogen and oxygen atoms in total. The van der Waals surface area contributed by atoms with E-state index in [4.69, 9.17) is 19.2 Å². The molecule has 0 saturated carbocycles. The number of halogens is 3. The second kappa shape index (κ2) is 8.30. The van der Waals surface area contributed by atoms with Gasteiger partial charge in [-0.2, -0.15) is 13.2 Å². The van der Waals surface area contributed by atoms with Crippen molar-refractivity contribution in [2.24, 2.45) is 0 Å². The fourth-order valence-corrected chi connectivity index (χ4v) is 2.74. The highest BCUT2D eigenvalue weighted by Crippen LogP contribution is 2.36. The molecule has 1 aromatic carbocycles. The Bertz CT molecular complexity index is 658. The molecule has 0 unspecified atom stereocenters. The predicted octanol–water partition coefficient (Wildman–Crippen LogP) is 2.03. The first-order valence-corrected chi connectivity index (χ1v) is 9.05. The molecule has 1 aromatic rings. The van der Waals surface area contributed by atoms with Gasteiger partial charge in [-0.05, 0) is 45.3 Å². The fraction of sp³-hybridized carbons (Fsp3) is 0.611. The quantitative estimate of drug-likeness (QED) is 0.738. The summed E-state index contributed by atoms with van der Waals surface area (Å²) in [6.45, 7) is 12.6. The van der Waals surface area contributed by atoms with Gasteiger partial charge >= 0.3 is 19.3 Å². The second-order valence-electron chi connectivity index (χ2n) is 7.72. The Morgan fingerprint density at radius 1 is 1.07 bits per heavy atom. The van der Waals surface area contributed by atoms with Gasteiger partial charge in [0.05, 0.1) is 11.2 Å². The Morgan fingerprint density at radius 2 is 1.50 bits per heavy atom. The zero-order chi connectivity index (χ0) is 21.2. The van der Waals surface area contributed by atoms with Crippen LogP contribution in [0.15, 0.2) is 24.3 Å². The van der Waals surface area contributed by atoms with Gasteiger partial charge in [0.1, 0.15) is 0 Å². The minimum Gasteiger partial charge on any atom is -0.475 e. The topological polar surface area (TPSA) is 71.0 Å². The Morgan fingerprint density at radius 3 is 1.89 bits per heavy atom. The highest BCUT2D eigenvalue weighted by Gasteiger charge is 2.51. The molecule has 2 heterocycles. The molecule has 28 heavy (non-hydrogen) atoms. The number of aliphatic carboxylic acids is 1. The number of carbonyl (C=O) groups is 1. The predicted molar refractivity (Wildman–Crippen MR) is 101 cm³/mol. The van der Waals surface area contributed by atoms with Crippen molar-refractivity contribution >= 4 is 24.2 Å². The number of alkyl halides is 3. The third kappa shape index (κ3) is 5.39. The summed E-state index contributed by atoms with van der Waals surface area (Å²) in [6, 6.07) is 8.59. The first-order valence-electron chi connectivity index (χ1n) is 9.05. The molecule has 0 atom stereocenters. The molecular formula is C18H26BF3N2O4. The van der Waals surface area contributed by atoms with Crippen LogP contribution in [0.25, 0.3) is 0 Å². The highest BCUT2D eigenvalue weighted by atomic mass is 19.4. The van der Waals surface area contributed by atoms with Gasteiger partial charge in [-0.3, -0.25) is 0 Å². The molecule has 0 aromatic heterocycles. The van der Waals surface area contributed by atoms with Gasteiger partial charge in [0.15, 0.2) is 0 Å². The number of hydrogen-bond acceptors (Lipinski definition) is 5. The lowest BCUT2D eigenvalue weighted by atomic mass is 9.79. The lowest BCUT2D eigenvalue weighted by molar-refractivity contribution is -0.192. The van der Waals surface area contributed by atoms with Crippen LogP contribution >= 0.6 is 0 Å². The second-order valence-corrected chi connectivity index (χ2v) is 7.72. The summed E-state index contributed by atoms with van der Waals surface area (Å²) in [5.74, 6) is -2.76. The molecule has 2 saturated heterocycles. The first kappa shape index (κ1) is 22.5. The number of nitrogens with zero attached hydrogens (tertiary/aromatic N) is 1. The highest BCUT2D eigenvalue weighted by molar-refractivity contribution is 6.62. The summed E-state index contributed by atoms with van der Waals surface area (Å²) in [4.78, 5) is 11.3. The molecule has 2 aliphatic heterocycles. The normalized spacial score (nSPS) is 21.1. The van der Waals surface area contributed by atoms with E-state index in [-0.39, 0.29) is 18.3 Å². The first-order chi connectivity index (χ1) is 12.8. The molecule has 2 aliphatic rings. The van der Waals surface area contributed by atoms with E-state index in [1.165, 1.54) is 5.69 Å². The number of piperazine rings is 1. The molecule has 156 valence electrons. The average molecular weight is 402 g/mol. The summed E-state index contributed by atoms with van der Waals surface area (Å²) in [5.41, 5.74) is 1.80. The Kier molecular flexibility index (Phi) is 6.68. The van der Waals surface area contributed by atoms with Gasteiger partial charge in [0, 0.05) is 31.9 Å². The standard InChI is InChI=1S/C16H25BN2O2.C2HF3O2/c1-15(2)16(3,4)21-17(20-15)13-5-7-14(8-6-13)19-11-9-18-10-12-19;3-2(4,5)1(6)7/h5-8,18H,9-12H2,1-4H3;(H,6,7). The third-order valence-corrected chi connectivity index (χ3v) is 5.14. The van der Waals surface area contributed by atoms with Crippen molar-refractivity contribution in [2.45, 2.75) is 45.1 Å². The minimum absolute atomic E-state index is 0.271. The Balaban J connectivity index is 0.000000345. The number of benzene rings is 1. The van der Waals surface area contributed by atoms with Crippen LogP contribution in [0.1, 0.15) is 27.7 Å². The Labute approximate surface area is 163 Å². The van der Waals surface area contributed by atoms with Crippen molar-refractivity contribution < 1.29 is 32.4 Å². The molecule has 0 spiro atoms. The summed E-state index contributed by atoms with van der Waals surface area (Å²) in [6.07, 6.45) is -5.08. The van der Waals surface area contributed by atoms with Crippen LogP contribution in [-0.2, 0) is 14.1 Å². The van der Waals surface area contributed by atoms with Gasteiger partial charge in [-0.1, -0.05) is 12.1 Å². The maximum atomic E-state index is 10.6. The lowest BCUT2D eigenvalue weighted by Gasteiger charge is -2.32. The SMILES string of the molecule is CC1(C)OB(c2ccc(N3CCNCC3)cc2)OC1(C)C.O=C(O)C(F)(F)F. The van der Waals surface area contributed by atoms with Gasteiger partial charge in [-0.25, -0.2) is 4.79 Å². The lowest BCUT2D eigenvalue weighted by Crippen LogP contribution is -2.43. The number of hydrogen-bond donors (Lipinski definition) is 2. The van der Waals surface area contributed by atoms with E-state index in [9.17, 15) is 13.2 Å². The maximum Gasteiger partial charge on any atom is 0.494 e. The minimum atomic E-state index is -5.08. The molecule has 3 rings (SSSR count). The largest absolute Gasteiger partial charge is 0.494 e. The van der Waals surface area contributed by atoms with E-state index >= 15 is 0 Å². The summed E-state index contributed by atoms with van der Waals surface area (Å²) in [7, 11) is -0.271. The van der Waals surface area contributed by atoms with Crippen molar-refractivity contribution in [3.8, 4) is 0 Å². The van der Waals surface area contributed by atoms with Crippen LogP contribution in [0.3, 0.4) is 0 Å². The van der Waals surface area contributed by atoms with Gasteiger partial charge in [0.25, 0.3) is 0 Å². The number of carboxylic acid groups (broad SMARTS) is 1. The summed E-state index contributed by atoms with van der Waals surface area (Å²) < 4.78 is 43.9. The van der Waals surface area contributed by atoms with E-state index in [2.05, 4.69) is 62.2 Å². The van der Waals surface area contributed by atoms with E-state index in [0.29, 0.717) is 0 Å². The van der Waals surface area contributed by atoms with Crippen LogP contribution in [0.5, 0.6) is 0 Å². The number of carboxylic acids is 1. The van der Waals surface area contributed by atoms with Crippen molar-refractivity contribution in [2.75, 3.05) is 31.1 Å². The maximum absolute atomic E-state index is 10.6. The van der Waals surface area contributed by atoms with Crippen molar-refractivity contribution in [3.05, 3.63) is 24.3 Å². The van der Waals surface area contributed by atoms with Gasteiger partial charge in [0.2, 0.25) is 0 Å². The molecule has 0 bridgehead atoms. The van der Waals surface area contributed by atoms with Crippen LogP contribution < -0.4 is 15.7 Å². The van der Waals surface area contributed by atoms with E-state index in [0.717, 1.165) is 31.6 Å². The fourth-order valence-electron chi connectivity index (χ4n) is 2.74. The smallest absolute Gasteiger partial charge is 0.475 e. The molecular weight excluding hydrogens is 376 g/mol. The molecule has 2 N–H and O–H groups in total. The van der Waals surface area contributed by atoms with E-state index in [1.807, 2.05) is 0 Å². The van der Waals surface area contributed by atoms with Crippen LogP contribution in [0.2, 0.25) is 0 Å². The molecule has 10 heteroatoms. The van der Waals surface area contributed by atoms with Crippen LogP contribution in [0, 0.1) is 0 Å². The zero-order valence-electron chi connectivity index (χ0n) is 16.5. The third-order valence-electron chi connectivity index (χ3n) is 5.14. The van der Waals surface area contributed by atoms with Crippen LogP contribution in [-0.4, -0.2) is 61.8 Å². The average Bonchev–Trinajstić information content (AvgIpc) is 2.83. The zero-order valence-corrected chi connectivity index (χ0v) is 16.5. The molecule has 2 fully saturated rings. The molecule has 0 amide bonds. The monoisotopic (exact) mass is 402 g/mol. The summed E-state index contributed by atoms with van der Waals surface area (Å²) >= 11 is 0.